The van der Waals surface area contributed by atoms with E-state index < -0.39 is 5.97 Å². The van der Waals surface area contributed by atoms with Crippen LogP contribution in [-0.4, -0.2) is 28.5 Å². The summed E-state index contributed by atoms with van der Waals surface area (Å²) in [6.07, 6.45) is 4.18. The van der Waals surface area contributed by atoms with Gasteiger partial charge in [0, 0.05) is 0 Å². The van der Waals surface area contributed by atoms with Gasteiger partial charge in [-0.05, 0) is 32.9 Å². The lowest BCUT2D eigenvalue weighted by Gasteiger charge is -2.24. The van der Waals surface area contributed by atoms with Gasteiger partial charge in [0.05, 0.1) is 18.1 Å². The summed E-state index contributed by atoms with van der Waals surface area (Å²) in [5.41, 5.74) is -0.328. The number of hydrogen-bond donors (Lipinski definition) is 2. The predicted molar refractivity (Wildman–Crippen MR) is 64.5 cm³/mol. The lowest BCUT2D eigenvalue weighted by atomic mass is 10.1. The predicted octanol–water partition coefficient (Wildman–Crippen LogP) is 2.52. The van der Waals surface area contributed by atoms with Crippen LogP contribution in [0.4, 0.5) is 0 Å². The van der Waals surface area contributed by atoms with Crippen molar-refractivity contribution >= 4 is 18.6 Å². The Hall–Kier alpha value is -0.480. The first kappa shape index (κ1) is 14.5. The van der Waals surface area contributed by atoms with Gasteiger partial charge in [-0.1, -0.05) is 12.2 Å². The molecule has 4 heteroatoms. The Morgan fingerprint density at radius 2 is 2.13 bits per heavy atom. The minimum absolute atomic E-state index is 0.000339. The second-order valence-electron chi connectivity index (χ2n) is 4.31. The Labute approximate surface area is 96.9 Å². The van der Waals surface area contributed by atoms with Crippen LogP contribution in [0.1, 0.15) is 33.6 Å². The van der Waals surface area contributed by atoms with E-state index in [2.05, 4.69) is 12.6 Å². The van der Waals surface area contributed by atoms with E-state index in [1.54, 1.807) is 6.08 Å². The lowest BCUT2D eigenvalue weighted by Crippen LogP contribution is -2.27. The van der Waals surface area contributed by atoms with Gasteiger partial charge in [0.25, 0.3) is 0 Å². The van der Waals surface area contributed by atoms with E-state index in [1.807, 2.05) is 26.8 Å². The number of allylic oxidation sites excluding steroid dienone is 1. The molecule has 1 N–H and O–H groups in total. The van der Waals surface area contributed by atoms with Crippen LogP contribution in [0.2, 0.25) is 0 Å². The molecule has 0 aromatic carbocycles. The lowest BCUT2D eigenvalue weighted by molar-refractivity contribution is -0.141. The highest BCUT2D eigenvalue weighted by molar-refractivity contribution is 7.80. The molecule has 0 aromatic heterocycles. The SMILES string of the molecule is CC(C)(C)OC(/C=C/CCS)CC(=O)O. The van der Waals surface area contributed by atoms with Gasteiger partial charge in [0.1, 0.15) is 0 Å². The van der Waals surface area contributed by atoms with E-state index in [-0.39, 0.29) is 18.1 Å². The molecule has 0 radical (unpaired) electrons. The normalized spacial score (nSPS) is 14.4. The van der Waals surface area contributed by atoms with Crippen LogP contribution in [0, 0.1) is 0 Å². The van der Waals surface area contributed by atoms with Crippen molar-refractivity contribution in [1.82, 2.24) is 0 Å². The number of rotatable bonds is 6. The first-order chi connectivity index (χ1) is 6.85. The molecule has 0 aliphatic heterocycles. The van der Waals surface area contributed by atoms with E-state index in [0.717, 1.165) is 12.2 Å². The molecule has 88 valence electrons. The maximum absolute atomic E-state index is 10.6. The van der Waals surface area contributed by atoms with Gasteiger partial charge in [0.15, 0.2) is 0 Å². The Morgan fingerprint density at radius 1 is 1.53 bits per heavy atom. The minimum Gasteiger partial charge on any atom is -0.481 e. The Kier molecular flexibility index (Phi) is 6.68. The number of carboxylic acids is 1. The summed E-state index contributed by atoms with van der Waals surface area (Å²) in [5.74, 6) is -0.0917. The molecular weight excluding hydrogens is 212 g/mol. The smallest absolute Gasteiger partial charge is 0.306 e. The monoisotopic (exact) mass is 232 g/mol. The Bertz CT molecular complexity index is 218. The summed E-state index contributed by atoms with van der Waals surface area (Å²) in [5, 5.41) is 8.71. The Morgan fingerprint density at radius 3 is 2.53 bits per heavy atom. The molecule has 0 aromatic rings. The molecule has 15 heavy (non-hydrogen) atoms. The first-order valence-corrected chi connectivity index (χ1v) is 5.65. The molecule has 1 unspecified atom stereocenters. The summed E-state index contributed by atoms with van der Waals surface area (Å²) in [7, 11) is 0. The van der Waals surface area contributed by atoms with Crippen molar-refractivity contribution < 1.29 is 14.6 Å². The second-order valence-corrected chi connectivity index (χ2v) is 4.75. The molecular formula is C11H20O3S. The average molecular weight is 232 g/mol. The standard InChI is InChI=1S/C11H20O3S/c1-11(2,3)14-9(8-10(12)13)6-4-5-7-15/h4,6,9,15H,5,7-8H2,1-3H3,(H,12,13)/b6-4+. The van der Waals surface area contributed by atoms with Crippen molar-refractivity contribution in [1.29, 1.82) is 0 Å². The first-order valence-electron chi connectivity index (χ1n) is 5.02. The zero-order valence-corrected chi connectivity index (χ0v) is 10.5. The number of carboxylic acid groups (broad SMARTS) is 1. The van der Waals surface area contributed by atoms with E-state index in [4.69, 9.17) is 9.84 Å². The zero-order valence-electron chi connectivity index (χ0n) is 9.56. The molecule has 0 fully saturated rings. The van der Waals surface area contributed by atoms with Gasteiger partial charge in [-0.25, -0.2) is 0 Å². The fraction of sp³-hybridized carbons (Fsp3) is 0.727. The molecule has 0 heterocycles. The van der Waals surface area contributed by atoms with Gasteiger partial charge < -0.3 is 9.84 Å². The molecule has 0 saturated heterocycles. The second kappa shape index (κ2) is 6.90. The highest BCUT2D eigenvalue weighted by atomic mass is 32.1. The third kappa shape index (κ3) is 9.82. The zero-order chi connectivity index (χ0) is 11.9. The Balaban J connectivity index is 4.24. The number of ether oxygens (including phenoxy) is 1. The van der Waals surface area contributed by atoms with Crippen LogP contribution < -0.4 is 0 Å². The summed E-state index contributed by atoms with van der Waals surface area (Å²) in [6.45, 7) is 5.73. The highest BCUT2D eigenvalue weighted by Gasteiger charge is 2.18. The minimum atomic E-state index is -0.847. The number of hydrogen-bond acceptors (Lipinski definition) is 3. The summed E-state index contributed by atoms with van der Waals surface area (Å²) < 4.78 is 5.60. The van der Waals surface area contributed by atoms with Crippen molar-refractivity contribution in [2.24, 2.45) is 0 Å². The number of thiol groups is 1. The van der Waals surface area contributed by atoms with Crippen LogP contribution in [0.25, 0.3) is 0 Å². The number of carbonyl (C=O) groups is 1. The van der Waals surface area contributed by atoms with Crippen molar-refractivity contribution in [3.05, 3.63) is 12.2 Å². The summed E-state index contributed by atoms with van der Waals surface area (Å²) >= 11 is 4.07. The maximum atomic E-state index is 10.6. The van der Waals surface area contributed by atoms with Crippen molar-refractivity contribution in [3.8, 4) is 0 Å². The molecule has 1 atom stereocenters. The molecule has 0 saturated carbocycles. The van der Waals surface area contributed by atoms with Crippen LogP contribution in [-0.2, 0) is 9.53 Å². The fourth-order valence-electron chi connectivity index (χ4n) is 1.10. The topological polar surface area (TPSA) is 46.5 Å². The number of aliphatic carboxylic acids is 1. The summed E-state index contributed by atoms with van der Waals surface area (Å²) in [4.78, 5) is 10.6. The van der Waals surface area contributed by atoms with Gasteiger partial charge >= 0.3 is 5.97 Å². The van der Waals surface area contributed by atoms with Crippen molar-refractivity contribution in [3.63, 3.8) is 0 Å². The van der Waals surface area contributed by atoms with Crippen molar-refractivity contribution in [2.75, 3.05) is 5.75 Å². The van der Waals surface area contributed by atoms with Crippen LogP contribution in [0.15, 0.2) is 12.2 Å². The molecule has 0 amide bonds. The van der Waals surface area contributed by atoms with E-state index in [1.165, 1.54) is 0 Å². The fourth-order valence-corrected chi connectivity index (χ4v) is 1.25. The van der Waals surface area contributed by atoms with Crippen LogP contribution in [0.3, 0.4) is 0 Å². The van der Waals surface area contributed by atoms with Crippen LogP contribution in [0.5, 0.6) is 0 Å². The molecule has 3 nitrogen and oxygen atoms in total. The quantitative estimate of drug-likeness (QED) is 0.546. The summed E-state index contributed by atoms with van der Waals surface area (Å²) in [6, 6.07) is 0. The molecule has 0 aliphatic carbocycles. The van der Waals surface area contributed by atoms with Crippen molar-refractivity contribution in [2.45, 2.75) is 45.3 Å². The van der Waals surface area contributed by atoms with Gasteiger partial charge in [-0.2, -0.15) is 12.6 Å². The van der Waals surface area contributed by atoms with E-state index in [0.29, 0.717) is 0 Å². The largest absolute Gasteiger partial charge is 0.481 e. The third-order valence-corrected chi connectivity index (χ3v) is 1.79. The third-order valence-electron chi connectivity index (χ3n) is 1.53. The molecule has 0 bridgehead atoms. The average Bonchev–Trinajstić information content (AvgIpc) is 2.00. The van der Waals surface area contributed by atoms with Gasteiger partial charge in [-0.15, -0.1) is 0 Å². The van der Waals surface area contributed by atoms with Gasteiger partial charge in [0.2, 0.25) is 0 Å². The molecule has 0 aliphatic rings. The maximum Gasteiger partial charge on any atom is 0.306 e. The van der Waals surface area contributed by atoms with Gasteiger partial charge in [-0.3, -0.25) is 4.79 Å². The van der Waals surface area contributed by atoms with E-state index in [9.17, 15) is 4.79 Å². The molecule has 0 rings (SSSR count). The van der Waals surface area contributed by atoms with Crippen LogP contribution >= 0.6 is 12.6 Å². The molecule has 0 spiro atoms. The highest BCUT2D eigenvalue weighted by Crippen LogP contribution is 2.14. The van der Waals surface area contributed by atoms with E-state index >= 15 is 0 Å².